The molecule has 0 saturated heterocycles. The first-order valence-electron chi connectivity index (χ1n) is 14.0. The van der Waals surface area contributed by atoms with Crippen LogP contribution in [0.2, 0.25) is 0 Å². The summed E-state index contributed by atoms with van der Waals surface area (Å²) >= 11 is 0. The Morgan fingerprint density at radius 1 is 1.05 bits per heavy atom. The van der Waals surface area contributed by atoms with Crippen LogP contribution < -0.4 is 0 Å². The lowest BCUT2D eigenvalue weighted by Gasteiger charge is -2.63. The summed E-state index contributed by atoms with van der Waals surface area (Å²) in [4.78, 5) is 12.3. The van der Waals surface area contributed by atoms with E-state index in [0.717, 1.165) is 32.6 Å². The monoisotopic (exact) mass is 566 g/mol. The Morgan fingerprint density at radius 2 is 1.71 bits per heavy atom. The van der Waals surface area contributed by atoms with E-state index in [0.29, 0.717) is 25.7 Å². The maximum absolute atomic E-state index is 13.7. The number of esters is 1. The van der Waals surface area contributed by atoms with Gasteiger partial charge in [-0.05, 0) is 105 Å². The van der Waals surface area contributed by atoms with Crippen molar-refractivity contribution < 1.29 is 46.6 Å². The van der Waals surface area contributed by atoms with Gasteiger partial charge in [-0.15, -0.1) is 0 Å². The fraction of sp³-hybridized carbons (Fsp3) is 0.963. The van der Waals surface area contributed by atoms with Crippen molar-refractivity contribution in [3.63, 3.8) is 0 Å². The van der Waals surface area contributed by atoms with E-state index in [1.807, 2.05) is 6.92 Å². The molecule has 0 radical (unpaired) electrons. The zero-order chi connectivity index (χ0) is 28.4. The molecule has 220 valence electrons. The summed E-state index contributed by atoms with van der Waals surface area (Å²) in [5, 5.41) is 28.6. The lowest BCUT2D eigenvalue weighted by molar-refractivity contribution is -0.207. The molecule has 4 aliphatic carbocycles. The van der Waals surface area contributed by atoms with Crippen molar-refractivity contribution in [2.24, 2.45) is 46.3 Å². The second-order valence-corrected chi connectivity index (χ2v) is 14.7. The fourth-order valence-corrected chi connectivity index (χ4v) is 9.68. The topological polar surface area (TPSA) is 141 Å². The van der Waals surface area contributed by atoms with Crippen LogP contribution in [0, 0.1) is 46.3 Å². The van der Waals surface area contributed by atoms with Crippen molar-refractivity contribution in [2.75, 3.05) is 0 Å². The molecule has 0 aliphatic heterocycles. The van der Waals surface area contributed by atoms with Gasteiger partial charge >= 0.3 is 21.3 Å². The molecule has 0 bridgehead atoms. The maximum atomic E-state index is 13.7. The first kappa shape index (κ1) is 30.1. The number of hydrogen-bond donors (Lipinski definition) is 4. The third kappa shape index (κ3) is 4.82. The summed E-state index contributed by atoms with van der Waals surface area (Å²) in [6.07, 6.45) is 1.63. The number of hydrogen-bond acceptors (Lipinski definition) is 7. The third-order valence-electron chi connectivity index (χ3n) is 11.4. The molecule has 0 aromatic rings. The number of ether oxygens (including phenoxy) is 1. The molecule has 4 saturated carbocycles. The Bertz CT molecular complexity index is 1010. The van der Waals surface area contributed by atoms with Gasteiger partial charge in [-0.3, -0.25) is 9.35 Å². The minimum absolute atomic E-state index is 0.0281. The average Bonchev–Trinajstić information content (AvgIpc) is 3.17. The molecular weight excluding hydrogens is 522 g/mol. The number of carbonyl (C=O) groups excluding carboxylic acids is 1. The van der Waals surface area contributed by atoms with Crippen LogP contribution in [0.4, 0.5) is 8.78 Å². The van der Waals surface area contributed by atoms with Crippen LogP contribution in [0.5, 0.6) is 0 Å². The maximum Gasteiger partial charge on any atom is 0.405 e. The SMILES string of the molecule is CC(CCC(=O)OC(C)C(F)(F)S(=O)(=O)O)[C@H]1CC[C@H]2[C@@H]3[C@H](O)C[C@@H]4C[C@H](O)CC[C@]4(C)[C@H]3C[C@H](O)[C@]12C. The van der Waals surface area contributed by atoms with E-state index in [1.54, 1.807) is 0 Å². The predicted octanol–water partition coefficient (Wildman–Crippen LogP) is 3.78. The molecule has 2 unspecified atom stereocenters. The van der Waals surface area contributed by atoms with E-state index in [-0.39, 0.29) is 53.4 Å². The lowest BCUT2D eigenvalue weighted by Crippen LogP contribution is -2.62. The van der Waals surface area contributed by atoms with E-state index in [2.05, 4.69) is 18.6 Å². The molecule has 4 fully saturated rings. The van der Waals surface area contributed by atoms with Gasteiger partial charge < -0.3 is 20.1 Å². The van der Waals surface area contributed by atoms with Crippen LogP contribution >= 0.6 is 0 Å². The summed E-state index contributed by atoms with van der Waals surface area (Å²) in [6.45, 7) is 7.05. The van der Waals surface area contributed by atoms with Crippen LogP contribution in [0.1, 0.15) is 85.5 Å². The quantitative estimate of drug-likeness (QED) is 0.270. The van der Waals surface area contributed by atoms with Crippen molar-refractivity contribution in [3.8, 4) is 0 Å². The largest absolute Gasteiger partial charge is 0.455 e. The number of carbonyl (C=O) groups is 1. The summed E-state index contributed by atoms with van der Waals surface area (Å²) in [5.74, 6) is -0.385. The van der Waals surface area contributed by atoms with Gasteiger partial charge in [0.1, 0.15) is 0 Å². The number of rotatable bonds is 7. The Kier molecular flexibility index (Phi) is 8.07. The van der Waals surface area contributed by atoms with Gasteiger partial charge in [-0.1, -0.05) is 20.8 Å². The number of halogens is 2. The zero-order valence-corrected chi connectivity index (χ0v) is 23.5. The fourth-order valence-electron chi connectivity index (χ4n) is 9.21. The van der Waals surface area contributed by atoms with Crippen LogP contribution in [0.15, 0.2) is 0 Å². The van der Waals surface area contributed by atoms with Crippen LogP contribution in [0.25, 0.3) is 0 Å². The molecule has 0 spiro atoms. The molecule has 4 rings (SSSR count). The Labute approximate surface area is 224 Å². The summed E-state index contributed by atoms with van der Waals surface area (Å²) in [7, 11) is -5.72. The van der Waals surface area contributed by atoms with E-state index in [9.17, 15) is 37.3 Å². The molecule has 0 aromatic carbocycles. The summed E-state index contributed by atoms with van der Waals surface area (Å²) in [6, 6.07) is 0. The van der Waals surface area contributed by atoms with Crippen molar-refractivity contribution >= 4 is 16.1 Å². The second-order valence-electron chi connectivity index (χ2n) is 13.2. The average molecular weight is 567 g/mol. The highest BCUT2D eigenvalue weighted by Crippen LogP contribution is 2.68. The van der Waals surface area contributed by atoms with Gasteiger partial charge in [-0.2, -0.15) is 17.2 Å². The van der Waals surface area contributed by atoms with Crippen LogP contribution in [0.3, 0.4) is 0 Å². The summed E-state index contributed by atoms with van der Waals surface area (Å²) in [5.41, 5.74) is -0.492. The first-order valence-corrected chi connectivity index (χ1v) is 15.5. The second kappa shape index (κ2) is 10.2. The molecule has 0 aromatic heterocycles. The van der Waals surface area contributed by atoms with Crippen molar-refractivity contribution in [2.45, 2.75) is 115 Å². The Morgan fingerprint density at radius 3 is 2.34 bits per heavy atom. The Balaban J connectivity index is 1.44. The molecule has 0 heterocycles. The van der Waals surface area contributed by atoms with Gasteiger partial charge in [0.2, 0.25) is 0 Å². The predicted molar refractivity (Wildman–Crippen MR) is 134 cm³/mol. The molecule has 38 heavy (non-hydrogen) atoms. The molecule has 12 atom stereocenters. The minimum atomic E-state index is -5.72. The zero-order valence-electron chi connectivity index (χ0n) is 22.7. The van der Waals surface area contributed by atoms with Crippen molar-refractivity contribution in [1.29, 1.82) is 0 Å². The lowest BCUT2D eigenvalue weighted by atomic mass is 9.43. The van der Waals surface area contributed by atoms with Gasteiger partial charge in [-0.25, -0.2) is 0 Å². The number of aliphatic hydroxyl groups excluding tert-OH is 3. The van der Waals surface area contributed by atoms with E-state index < -0.39 is 45.1 Å². The minimum Gasteiger partial charge on any atom is -0.455 e. The normalized spacial score (nSPS) is 44.9. The van der Waals surface area contributed by atoms with Crippen molar-refractivity contribution in [3.05, 3.63) is 0 Å². The Hall–Kier alpha value is -0.880. The van der Waals surface area contributed by atoms with Gasteiger partial charge in [0, 0.05) is 6.42 Å². The molecule has 4 aliphatic rings. The standard InChI is InChI=1S/C27H44F2O8S/c1-14(5-8-23(33)37-15(2)27(28,29)38(34,35)36)18-6-7-19-24-20(13-22(32)26(18,19)4)25(3)10-9-17(30)11-16(25)12-21(24)31/h14-22,24,30-32H,5-13H2,1-4H3,(H,34,35,36)/t14?,15?,16-,17+,18+,19-,20-,21+,22-,24-,25-,26+/m0/s1. The molecule has 4 N–H and O–H groups in total. The van der Waals surface area contributed by atoms with Gasteiger partial charge in [0.05, 0.1) is 18.3 Å². The van der Waals surface area contributed by atoms with E-state index in [1.165, 1.54) is 0 Å². The molecule has 8 nitrogen and oxygen atoms in total. The van der Waals surface area contributed by atoms with Crippen LogP contribution in [-0.2, 0) is 19.6 Å². The smallest absolute Gasteiger partial charge is 0.405 e. The van der Waals surface area contributed by atoms with E-state index >= 15 is 0 Å². The highest BCUT2D eigenvalue weighted by atomic mass is 32.2. The van der Waals surface area contributed by atoms with Crippen molar-refractivity contribution in [1.82, 2.24) is 0 Å². The van der Waals surface area contributed by atoms with Crippen LogP contribution in [-0.4, -0.2) is 63.9 Å². The highest BCUT2D eigenvalue weighted by molar-refractivity contribution is 7.86. The molecule has 0 amide bonds. The number of fused-ring (bicyclic) bond motifs is 5. The third-order valence-corrected chi connectivity index (χ3v) is 12.5. The van der Waals surface area contributed by atoms with Gasteiger partial charge in [0.15, 0.2) is 6.10 Å². The molecular formula is C27H44F2O8S. The molecule has 11 heteroatoms. The first-order chi connectivity index (χ1) is 17.4. The van der Waals surface area contributed by atoms with Gasteiger partial charge in [0.25, 0.3) is 0 Å². The summed E-state index contributed by atoms with van der Waals surface area (Å²) < 4.78 is 62.7. The highest BCUT2D eigenvalue weighted by Gasteiger charge is 2.65. The number of alkyl halides is 2. The number of aliphatic hydroxyl groups is 3. The van der Waals surface area contributed by atoms with E-state index in [4.69, 9.17) is 4.55 Å².